The topological polar surface area (TPSA) is 87.9 Å². The van der Waals surface area contributed by atoms with E-state index in [1.807, 2.05) is 6.92 Å². The van der Waals surface area contributed by atoms with Crippen molar-refractivity contribution in [2.24, 2.45) is 17.2 Å². The number of nitrogens with two attached hydrogens (primary N) is 1. The molecule has 0 aromatic heterocycles. The zero-order valence-corrected chi connectivity index (χ0v) is 12.0. The number of carbonyl (C=O) groups is 2. The molecule has 0 aliphatic heterocycles. The molecule has 1 saturated carbocycles. The molecule has 0 aromatic carbocycles. The van der Waals surface area contributed by atoms with Crippen molar-refractivity contribution in [2.45, 2.75) is 46.1 Å². The largest absolute Gasteiger partial charge is 0.459 e. The van der Waals surface area contributed by atoms with Gasteiger partial charge in [-0.1, -0.05) is 0 Å². The summed E-state index contributed by atoms with van der Waals surface area (Å²) >= 11 is 0. The highest BCUT2D eigenvalue weighted by atomic mass is 16.7. The lowest BCUT2D eigenvalue weighted by atomic mass is 10.0. The lowest BCUT2D eigenvalue weighted by Crippen LogP contribution is -2.37. The van der Waals surface area contributed by atoms with E-state index in [1.165, 1.54) is 0 Å². The number of rotatable bonds is 6. The molecular weight excluding hydrogens is 250 g/mol. The third-order valence-electron chi connectivity index (χ3n) is 3.15. The highest BCUT2D eigenvalue weighted by Gasteiger charge is 2.68. The molecule has 110 valence electrons. The van der Waals surface area contributed by atoms with Gasteiger partial charge >= 0.3 is 11.9 Å². The highest BCUT2D eigenvalue weighted by Crippen LogP contribution is 2.56. The first-order valence-electron chi connectivity index (χ1n) is 6.50. The summed E-state index contributed by atoms with van der Waals surface area (Å²) in [6.45, 7) is 8.26. The average Bonchev–Trinajstić information content (AvgIpc) is 3.02. The molecule has 0 bridgehead atoms. The summed E-state index contributed by atoms with van der Waals surface area (Å²) < 4.78 is 10.5. The number of esters is 1. The van der Waals surface area contributed by atoms with Gasteiger partial charge in [-0.05, 0) is 46.5 Å². The maximum atomic E-state index is 12.2. The summed E-state index contributed by atoms with van der Waals surface area (Å²) in [7, 11) is 0. The predicted molar refractivity (Wildman–Crippen MR) is 67.8 cm³/mol. The molecule has 6 heteroatoms. The van der Waals surface area contributed by atoms with Crippen molar-refractivity contribution in [2.75, 3.05) is 13.2 Å². The van der Waals surface area contributed by atoms with Gasteiger partial charge in [0.05, 0.1) is 0 Å². The number of hydrogen-bond acceptors (Lipinski definition) is 6. The normalized spacial score (nSPS) is 25.8. The Morgan fingerprint density at radius 3 is 2.42 bits per heavy atom. The predicted octanol–water partition coefficient (Wildman–Crippen LogP) is 1.18. The van der Waals surface area contributed by atoms with E-state index in [0.29, 0.717) is 26.1 Å². The van der Waals surface area contributed by atoms with Gasteiger partial charge < -0.3 is 14.3 Å². The van der Waals surface area contributed by atoms with E-state index in [-0.39, 0.29) is 5.92 Å². The second-order valence-corrected chi connectivity index (χ2v) is 5.77. The first kappa shape index (κ1) is 15.9. The summed E-state index contributed by atoms with van der Waals surface area (Å²) in [4.78, 5) is 28.2. The molecule has 1 aliphatic rings. The van der Waals surface area contributed by atoms with Crippen LogP contribution in [0.4, 0.5) is 0 Å². The lowest BCUT2D eigenvalue weighted by molar-refractivity contribution is -0.173. The van der Waals surface area contributed by atoms with E-state index < -0.39 is 23.0 Å². The molecule has 0 unspecified atom stereocenters. The van der Waals surface area contributed by atoms with E-state index in [9.17, 15) is 9.59 Å². The fraction of sp³-hybridized carbons (Fsp3) is 0.846. The van der Waals surface area contributed by atoms with Crippen LogP contribution >= 0.6 is 0 Å². The van der Waals surface area contributed by atoms with Gasteiger partial charge in [0.15, 0.2) is 5.41 Å². The van der Waals surface area contributed by atoms with Gasteiger partial charge in [-0.3, -0.25) is 4.79 Å². The Labute approximate surface area is 113 Å². The van der Waals surface area contributed by atoms with Gasteiger partial charge in [-0.2, -0.15) is 5.90 Å². The molecule has 0 spiro atoms. The molecule has 0 saturated heterocycles. The third kappa shape index (κ3) is 3.67. The van der Waals surface area contributed by atoms with Crippen molar-refractivity contribution < 1.29 is 23.9 Å². The van der Waals surface area contributed by atoms with Gasteiger partial charge in [0.1, 0.15) is 5.60 Å². The minimum Gasteiger partial charge on any atom is -0.459 e. The fourth-order valence-electron chi connectivity index (χ4n) is 2.11. The second-order valence-electron chi connectivity index (χ2n) is 5.77. The van der Waals surface area contributed by atoms with Crippen molar-refractivity contribution >= 4 is 11.9 Å². The highest BCUT2D eigenvalue weighted by molar-refractivity contribution is 6.03. The van der Waals surface area contributed by atoms with Crippen LogP contribution in [0.1, 0.15) is 40.5 Å². The molecule has 1 aliphatic carbocycles. The zero-order valence-electron chi connectivity index (χ0n) is 12.0. The van der Waals surface area contributed by atoms with Crippen LogP contribution in [0.2, 0.25) is 0 Å². The second kappa shape index (κ2) is 5.88. The molecule has 2 N–H and O–H groups in total. The van der Waals surface area contributed by atoms with Gasteiger partial charge in [0, 0.05) is 13.2 Å². The number of carbonyl (C=O) groups excluding carboxylic acids is 2. The summed E-state index contributed by atoms with van der Waals surface area (Å²) in [5.41, 5.74) is -1.88. The minimum atomic E-state index is -1.24. The van der Waals surface area contributed by atoms with Gasteiger partial charge in [0.25, 0.3) is 0 Å². The summed E-state index contributed by atoms with van der Waals surface area (Å²) in [5, 5.41) is 0. The summed E-state index contributed by atoms with van der Waals surface area (Å²) in [6.07, 6.45) is 1.02. The van der Waals surface area contributed by atoms with Gasteiger partial charge in [-0.15, -0.1) is 0 Å². The Kier molecular flexibility index (Phi) is 4.92. The van der Waals surface area contributed by atoms with E-state index in [4.69, 9.17) is 15.4 Å². The lowest BCUT2D eigenvalue weighted by Gasteiger charge is -2.23. The maximum Gasteiger partial charge on any atom is 0.342 e. The van der Waals surface area contributed by atoms with Crippen molar-refractivity contribution in [1.82, 2.24) is 0 Å². The van der Waals surface area contributed by atoms with Crippen LogP contribution in [0.3, 0.4) is 0 Å². The summed E-state index contributed by atoms with van der Waals surface area (Å²) in [6, 6.07) is 0. The zero-order chi connectivity index (χ0) is 14.7. The molecule has 0 aromatic rings. The van der Waals surface area contributed by atoms with Crippen LogP contribution in [0.5, 0.6) is 0 Å². The SMILES string of the molecule is CCOCC[C@@H]1C[C@]1(C(=O)ON)C(=O)OC(C)(C)C. The van der Waals surface area contributed by atoms with Crippen molar-refractivity contribution in [3.05, 3.63) is 0 Å². The molecule has 2 atom stereocenters. The van der Waals surface area contributed by atoms with Gasteiger partial charge in [0.2, 0.25) is 0 Å². The van der Waals surface area contributed by atoms with Crippen molar-refractivity contribution in [1.29, 1.82) is 0 Å². The van der Waals surface area contributed by atoms with E-state index in [1.54, 1.807) is 20.8 Å². The number of ether oxygens (including phenoxy) is 2. The standard InChI is InChI=1S/C13H23NO5/c1-5-17-7-6-9-8-13(9,11(16)19-14)10(15)18-12(2,3)4/h9H,5-8,14H2,1-4H3/t9-,13-/m1/s1. The van der Waals surface area contributed by atoms with Crippen LogP contribution < -0.4 is 5.90 Å². The Balaban J connectivity index is 2.70. The Bertz CT molecular complexity index is 349. The minimum absolute atomic E-state index is 0.120. The Morgan fingerprint density at radius 1 is 1.32 bits per heavy atom. The van der Waals surface area contributed by atoms with Crippen molar-refractivity contribution in [3.63, 3.8) is 0 Å². The molecule has 0 heterocycles. The molecule has 1 rings (SSSR count). The third-order valence-corrected chi connectivity index (χ3v) is 3.15. The fourth-order valence-corrected chi connectivity index (χ4v) is 2.11. The number of hydrogen-bond donors (Lipinski definition) is 1. The van der Waals surface area contributed by atoms with Crippen LogP contribution in [0, 0.1) is 11.3 Å². The van der Waals surface area contributed by atoms with E-state index in [2.05, 4.69) is 4.84 Å². The quantitative estimate of drug-likeness (QED) is 0.338. The van der Waals surface area contributed by atoms with E-state index in [0.717, 1.165) is 0 Å². The molecule has 0 radical (unpaired) electrons. The first-order chi connectivity index (χ1) is 8.78. The van der Waals surface area contributed by atoms with E-state index >= 15 is 0 Å². The smallest absolute Gasteiger partial charge is 0.342 e. The summed E-state index contributed by atoms with van der Waals surface area (Å²) in [5.74, 6) is 3.53. The van der Waals surface area contributed by atoms with Crippen LogP contribution in [0.25, 0.3) is 0 Å². The van der Waals surface area contributed by atoms with Crippen molar-refractivity contribution in [3.8, 4) is 0 Å². The first-order valence-corrected chi connectivity index (χ1v) is 6.50. The van der Waals surface area contributed by atoms with Crippen LogP contribution in [-0.4, -0.2) is 30.8 Å². The molecular formula is C13H23NO5. The molecule has 6 nitrogen and oxygen atoms in total. The molecule has 19 heavy (non-hydrogen) atoms. The van der Waals surface area contributed by atoms with Gasteiger partial charge in [-0.25, -0.2) is 4.79 Å². The maximum absolute atomic E-state index is 12.2. The average molecular weight is 273 g/mol. The molecule has 1 fully saturated rings. The molecule has 0 amide bonds. The Hall–Kier alpha value is -1.14. The van der Waals surface area contributed by atoms with Crippen LogP contribution in [0.15, 0.2) is 0 Å². The Morgan fingerprint density at radius 2 is 1.95 bits per heavy atom. The van der Waals surface area contributed by atoms with Crippen LogP contribution in [-0.2, 0) is 23.9 Å². The monoisotopic (exact) mass is 273 g/mol.